The molecule has 14 aromatic rings. The van der Waals surface area contributed by atoms with Gasteiger partial charge in [0.15, 0.2) is 5.13 Å². The zero-order valence-corrected chi connectivity index (χ0v) is 67.6. The highest BCUT2D eigenvalue weighted by atomic mass is 32.1. The van der Waals surface area contributed by atoms with Gasteiger partial charge < -0.3 is 29.7 Å². The first-order valence-corrected chi connectivity index (χ1v) is 39.6. The lowest BCUT2D eigenvalue weighted by Crippen LogP contribution is -2.08. The predicted molar refractivity (Wildman–Crippen MR) is 442 cm³/mol. The third-order valence-electron chi connectivity index (χ3n) is 18.4. The average Bonchev–Trinajstić information content (AvgIpc) is 1.24. The minimum absolute atomic E-state index is 0.0180. The van der Waals surface area contributed by atoms with E-state index >= 15 is 0 Å². The van der Waals surface area contributed by atoms with Crippen LogP contribution < -0.4 is 0 Å². The summed E-state index contributed by atoms with van der Waals surface area (Å²) in [5.41, 5.74) is 11.0. The number of aromatic amines is 1. The Morgan fingerprint density at radius 3 is 1.23 bits per heavy atom. The molecule has 0 unspecified atom stereocenters. The fourth-order valence-corrected chi connectivity index (χ4v) is 14.6. The number of alkyl halides is 6. The molecule has 0 saturated heterocycles. The van der Waals surface area contributed by atoms with Crippen LogP contribution in [0.5, 0.6) is 0 Å². The highest BCUT2D eigenvalue weighted by Gasteiger charge is 2.28. The molecule has 21 nitrogen and oxygen atoms in total. The number of carboxylic acid groups (broad SMARTS) is 4. The molecule has 618 valence electrons. The standard InChI is InChI=1S/C18H16F2N2O.C16H15F2N5.C16H13NO3.C14H13F2NO2S.C13H13NO2S.C12H10FNO2S/c1-18(19,20)15-7-4-13(5-8-15)3-6-14-11-22-10-9-16(14)17(23)12-21-2;1-16(17,18)13-6-3-11(4-7-13)2-5-12-10-19-9-8-14(12)15-20-22-23-21-15;18-16(19)14-5-7-17-10-13(14)4-2-11-1-3-12-6-8-20-15(12)9-11;1-14(15,16)12-5-4-10(20-12)3-2-9-8-17-7-6-11(9)13(18)19;1-9-2-4-11(17-9)5-3-10-8-14-7-6-12(10)13(15)16;13-11-4-3-9(17-11)2-1-8-7-14-6-5-10(8)12(15)16/h4-5,7-11H,3,6,12H2,1H3;3-4,6-10H,2,5H2,1H3,(H,20,21,22,23);1,3,5-10H,2,4H2,(H,18,19);4-8H,2-3H2,1H3,(H,18,19);2,4,6-8H,3,5H2,1H3,(H,15,16);3-7H,1-2H2,(H,15,16). The Labute approximate surface area is 697 Å². The van der Waals surface area contributed by atoms with Gasteiger partial charge in [-0.05, 0) is 224 Å². The van der Waals surface area contributed by atoms with Gasteiger partial charge in [0.25, 0.3) is 24.3 Å². The first-order chi connectivity index (χ1) is 57.4. The predicted octanol–water partition coefficient (Wildman–Crippen LogP) is 20.0. The third kappa shape index (κ3) is 28.0. The van der Waals surface area contributed by atoms with Gasteiger partial charge in [0, 0.05) is 142 Å². The van der Waals surface area contributed by atoms with Crippen LogP contribution in [0.1, 0.15) is 158 Å². The van der Waals surface area contributed by atoms with Crippen LogP contribution in [0.2, 0.25) is 0 Å². The molecule has 31 heteroatoms. The topological polar surface area (TPSA) is 316 Å². The van der Waals surface area contributed by atoms with Crippen LogP contribution in [0.3, 0.4) is 0 Å². The van der Waals surface area contributed by atoms with Crippen LogP contribution in [0.4, 0.5) is 30.7 Å². The summed E-state index contributed by atoms with van der Waals surface area (Å²) in [5.74, 6) is -12.0. The van der Waals surface area contributed by atoms with E-state index in [1.807, 2.05) is 30.3 Å². The minimum atomic E-state index is -2.85. The fourth-order valence-electron chi connectivity index (χ4n) is 12.1. The van der Waals surface area contributed by atoms with Crippen LogP contribution in [0.15, 0.2) is 231 Å². The fraction of sp³-hybridized carbons (Fsp3) is 0.225. The number of thiophene rings is 3. The van der Waals surface area contributed by atoms with Crippen molar-refractivity contribution in [1.82, 2.24) is 50.5 Å². The van der Waals surface area contributed by atoms with Gasteiger partial charge in [-0.1, -0.05) is 60.7 Å². The Morgan fingerprint density at radius 1 is 0.433 bits per heavy atom. The second-order valence-electron chi connectivity index (χ2n) is 27.2. The maximum Gasteiger partial charge on any atom is 0.336 e. The van der Waals surface area contributed by atoms with E-state index in [1.165, 1.54) is 102 Å². The number of carbonyl (C=O) groups excluding carboxylic acids is 1. The molecule has 14 rings (SSSR count). The quantitative estimate of drug-likeness (QED) is 0.0173. The van der Waals surface area contributed by atoms with Crippen molar-refractivity contribution in [2.75, 3.05) is 6.54 Å². The highest BCUT2D eigenvalue weighted by molar-refractivity contribution is 7.12. The van der Waals surface area contributed by atoms with Gasteiger partial charge in [-0.25, -0.2) is 52.1 Å². The lowest BCUT2D eigenvalue weighted by atomic mass is 9.98. The van der Waals surface area contributed by atoms with Gasteiger partial charge in [0.2, 0.25) is 11.6 Å². The minimum Gasteiger partial charge on any atom is -0.478 e. The number of nitrogens with one attached hydrogen (secondary N) is 1. The molecule has 120 heavy (non-hydrogen) atoms. The lowest BCUT2D eigenvalue weighted by Gasteiger charge is -2.11. The molecular formula is C89H80F7N11O10S3. The number of carbonyl (C=O) groups is 5. The van der Waals surface area contributed by atoms with Crippen molar-refractivity contribution in [2.45, 2.75) is 123 Å². The molecule has 5 N–H and O–H groups in total. The molecule has 11 aromatic heterocycles. The third-order valence-corrected chi connectivity index (χ3v) is 21.7. The lowest BCUT2D eigenvalue weighted by molar-refractivity contribution is 0.0168. The van der Waals surface area contributed by atoms with E-state index in [9.17, 15) is 54.7 Å². The number of aromatic nitrogens is 10. The summed E-state index contributed by atoms with van der Waals surface area (Å²) in [6.45, 7) is 11.3. The van der Waals surface area contributed by atoms with Crippen LogP contribution in [-0.4, -0.2) is 107 Å². The van der Waals surface area contributed by atoms with E-state index in [1.54, 1.807) is 103 Å². The number of rotatable bonds is 28. The average molecular weight is 1690 g/mol. The number of ketones is 1. The van der Waals surface area contributed by atoms with Crippen LogP contribution >= 0.6 is 34.0 Å². The summed E-state index contributed by atoms with van der Waals surface area (Å²) < 4.78 is 97.2. The Hall–Kier alpha value is -13.2. The Morgan fingerprint density at radius 2 is 0.825 bits per heavy atom. The zero-order valence-electron chi connectivity index (χ0n) is 65.1. The summed E-state index contributed by atoms with van der Waals surface area (Å²) in [6.07, 6.45) is 28.2. The monoisotopic (exact) mass is 1690 g/mol. The van der Waals surface area contributed by atoms with Crippen LogP contribution in [0, 0.1) is 18.6 Å². The number of fused-ring (bicyclic) bond motifs is 1. The van der Waals surface area contributed by atoms with Crippen molar-refractivity contribution in [1.29, 1.82) is 0 Å². The van der Waals surface area contributed by atoms with Gasteiger partial charge in [-0.3, -0.25) is 34.7 Å². The normalized spacial score (nSPS) is 11.0. The number of Topliss-reactive ketones (excluding diaryl/α,β-unsaturated/α-hetero) is 1. The number of hydrogen-bond acceptors (Lipinski definition) is 18. The second-order valence-corrected chi connectivity index (χ2v) is 30.9. The molecule has 0 fully saturated rings. The van der Waals surface area contributed by atoms with Crippen molar-refractivity contribution in [3.63, 3.8) is 0 Å². The molecule has 0 saturated carbocycles. The number of pyridine rings is 6. The molecular weight excluding hydrogens is 1610 g/mol. The number of hydrogen-bond donors (Lipinski definition) is 5. The molecule has 0 aliphatic heterocycles. The number of benzene rings is 3. The van der Waals surface area contributed by atoms with E-state index in [2.05, 4.69) is 74.4 Å². The van der Waals surface area contributed by atoms with Gasteiger partial charge in [0.1, 0.15) is 5.58 Å². The molecule has 0 aliphatic carbocycles. The van der Waals surface area contributed by atoms with Gasteiger partial charge in [0.05, 0.1) is 33.4 Å². The summed E-state index contributed by atoms with van der Waals surface area (Å²) in [5, 5.41) is 51.0. The summed E-state index contributed by atoms with van der Waals surface area (Å²) in [4.78, 5) is 87.4. The van der Waals surface area contributed by atoms with Crippen molar-refractivity contribution < 1.29 is 79.5 Å². The molecule has 0 amide bonds. The van der Waals surface area contributed by atoms with Gasteiger partial charge in [-0.2, -0.15) is 9.60 Å². The van der Waals surface area contributed by atoms with Crippen molar-refractivity contribution in [3.05, 3.63) is 356 Å². The smallest absolute Gasteiger partial charge is 0.336 e. The van der Waals surface area contributed by atoms with Crippen LogP contribution in [-0.2, 0) is 94.8 Å². The van der Waals surface area contributed by atoms with E-state index in [0.717, 1.165) is 128 Å². The molecule has 0 spiro atoms. The summed E-state index contributed by atoms with van der Waals surface area (Å²) in [7, 11) is 0. The SMILES string of the molecule is CC(F)(F)c1ccc(CCc2cnccc2-c2nn[nH]n2)cc1.CC(F)(F)c1ccc(CCc2cnccc2C(=O)O)s1.Cc1ccc(CCc2cnccc2C(=O)O)s1.O=C(O)c1ccncc1CCc1ccc(F)s1.O=C(O)c1ccncc1CCc1ccc2ccoc2c1.[C-]#[N+]CC(=O)c1ccncc1CCc1ccc(C(C)(F)F)cc1. The Balaban J connectivity index is 0.000000164. The molecule has 3 aromatic carbocycles. The van der Waals surface area contributed by atoms with E-state index in [0.29, 0.717) is 91.4 Å². The highest BCUT2D eigenvalue weighted by Crippen LogP contribution is 2.34. The molecule has 0 aliphatic rings. The summed E-state index contributed by atoms with van der Waals surface area (Å²) >= 11 is 3.90. The molecule has 0 bridgehead atoms. The van der Waals surface area contributed by atoms with Gasteiger partial charge >= 0.3 is 23.9 Å². The zero-order chi connectivity index (χ0) is 86.4. The number of carboxylic acids is 4. The number of aryl methyl sites for hydroxylation is 13. The van der Waals surface area contributed by atoms with Crippen LogP contribution in [0.25, 0.3) is 27.2 Å². The number of halogens is 7. The van der Waals surface area contributed by atoms with Crippen molar-refractivity contribution in [2.24, 2.45) is 0 Å². The molecule has 0 radical (unpaired) electrons. The first kappa shape index (κ1) is 90.7. The summed E-state index contributed by atoms with van der Waals surface area (Å²) in [6, 6.07) is 40.4. The number of aromatic carboxylic acids is 4. The van der Waals surface area contributed by atoms with Crippen molar-refractivity contribution in [3.8, 4) is 11.4 Å². The van der Waals surface area contributed by atoms with E-state index in [-0.39, 0.29) is 44.6 Å². The number of nitrogens with zero attached hydrogens (tertiary/aromatic N) is 10. The maximum atomic E-state index is 13.2. The number of H-pyrrole nitrogens is 1. The number of tetrazole rings is 1. The number of furan rings is 1. The largest absolute Gasteiger partial charge is 0.478 e. The molecule has 0 atom stereocenters. The second kappa shape index (κ2) is 43.9. The Bertz CT molecular complexity index is 5660. The maximum absolute atomic E-state index is 13.2. The first-order valence-electron chi connectivity index (χ1n) is 37.2. The van der Waals surface area contributed by atoms with Crippen molar-refractivity contribution >= 4 is 74.6 Å². The molecule has 11 heterocycles. The van der Waals surface area contributed by atoms with E-state index < -0.39 is 41.6 Å². The Kier molecular flexibility index (Phi) is 33.2. The van der Waals surface area contributed by atoms with E-state index in [4.69, 9.17) is 31.4 Å². The van der Waals surface area contributed by atoms with Gasteiger partial charge in [-0.15, -0.1) is 44.2 Å².